The van der Waals surface area contributed by atoms with Crippen LogP contribution in [0.4, 0.5) is 0 Å². The monoisotopic (exact) mass is 220 g/mol. The van der Waals surface area contributed by atoms with E-state index in [1.165, 1.54) is 0 Å². The second-order valence-electron chi connectivity index (χ2n) is 3.67. The minimum absolute atomic E-state index is 0.0203. The van der Waals surface area contributed by atoms with Crippen molar-refractivity contribution in [3.63, 3.8) is 0 Å². The summed E-state index contributed by atoms with van der Waals surface area (Å²) in [7, 11) is 0.882. The molecule has 0 fully saturated rings. The molecule has 0 heterocycles. The minimum atomic E-state index is -2.50. The molecule has 0 aliphatic carbocycles. The first-order valence-corrected chi connectivity index (χ1v) is 7.02. The Hall–Kier alpha value is 0.0969. The molecule has 0 aliphatic rings. The van der Waals surface area contributed by atoms with E-state index in [1.807, 2.05) is 6.92 Å². The van der Waals surface area contributed by atoms with Crippen LogP contribution in [-0.2, 0) is 13.3 Å². The van der Waals surface area contributed by atoms with Crippen LogP contribution in [0.5, 0.6) is 0 Å². The van der Waals surface area contributed by atoms with Gasteiger partial charge < -0.3 is 13.3 Å². The summed E-state index contributed by atoms with van der Waals surface area (Å²) in [6, 6.07) is 0. The molecular weight excluding hydrogens is 196 g/mol. The highest BCUT2D eigenvalue weighted by Crippen LogP contribution is 2.45. The highest BCUT2D eigenvalue weighted by Gasteiger charge is 2.54. The molecule has 0 aromatic carbocycles. The summed E-state index contributed by atoms with van der Waals surface area (Å²) < 4.78 is 16.9. The zero-order valence-corrected chi connectivity index (χ0v) is 11.3. The van der Waals surface area contributed by atoms with Gasteiger partial charge in [0.05, 0.1) is 0 Å². The summed E-state index contributed by atoms with van der Waals surface area (Å²) >= 11 is 0. The molecule has 0 rings (SSSR count). The van der Waals surface area contributed by atoms with Crippen LogP contribution in [0.15, 0.2) is 0 Å². The Morgan fingerprint density at radius 3 is 1.64 bits per heavy atom. The molecular formula is C10H24O3Si. The van der Waals surface area contributed by atoms with Gasteiger partial charge in [0.1, 0.15) is 0 Å². The maximum Gasteiger partial charge on any atom is 0.506 e. The normalized spacial score (nSPS) is 13.3. The third-order valence-electron chi connectivity index (χ3n) is 3.17. The SMILES string of the molecule is CCO[Si](OC)(OC)C(C)(CC)CC. The van der Waals surface area contributed by atoms with Crippen molar-refractivity contribution in [3.8, 4) is 0 Å². The average Bonchev–Trinajstić information content (AvgIpc) is 2.24. The van der Waals surface area contributed by atoms with Crippen LogP contribution in [0.25, 0.3) is 0 Å². The van der Waals surface area contributed by atoms with Gasteiger partial charge in [0, 0.05) is 25.9 Å². The largest absolute Gasteiger partial charge is 0.506 e. The quantitative estimate of drug-likeness (QED) is 0.617. The molecule has 0 aromatic rings. The second kappa shape index (κ2) is 5.85. The van der Waals surface area contributed by atoms with Gasteiger partial charge in [-0.1, -0.05) is 20.8 Å². The Kier molecular flexibility index (Phi) is 5.89. The Bertz CT molecular complexity index is 153. The molecule has 0 N–H and O–H groups in total. The van der Waals surface area contributed by atoms with E-state index in [4.69, 9.17) is 13.3 Å². The molecule has 3 nitrogen and oxygen atoms in total. The number of hydrogen-bond acceptors (Lipinski definition) is 3. The highest BCUT2D eigenvalue weighted by atomic mass is 28.4. The molecule has 14 heavy (non-hydrogen) atoms. The first-order valence-electron chi connectivity index (χ1n) is 5.30. The third kappa shape index (κ3) is 2.37. The molecule has 0 amide bonds. The molecule has 0 saturated heterocycles. The molecule has 4 heteroatoms. The first kappa shape index (κ1) is 14.1. The lowest BCUT2D eigenvalue weighted by atomic mass is 10.1. The fraction of sp³-hybridized carbons (Fsp3) is 1.00. The van der Waals surface area contributed by atoms with Crippen LogP contribution in [0.2, 0.25) is 5.04 Å². The van der Waals surface area contributed by atoms with E-state index in [9.17, 15) is 0 Å². The lowest BCUT2D eigenvalue weighted by Crippen LogP contribution is -2.53. The van der Waals surface area contributed by atoms with Crippen LogP contribution < -0.4 is 0 Å². The Morgan fingerprint density at radius 2 is 1.43 bits per heavy atom. The predicted octanol–water partition coefficient (Wildman–Crippen LogP) is 2.83. The van der Waals surface area contributed by atoms with E-state index in [0.29, 0.717) is 6.61 Å². The van der Waals surface area contributed by atoms with Gasteiger partial charge in [0.15, 0.2) is 0 Å². The van der Waals surface area contributed by atoms with Gasteiger partial charge in [0.25, 0.3) is 0 Å². The van der Waals surface area contributed by atoms with Crippen molar-refractivity contribution in [1.82, 2.24) is 0 Å². The van der Waals surface area contributed by atoms with Crippen LogP contribution >= 0.6 is 0 Å². The maximum atomic E-state index is 5.77. The molecule has 0 saturated carbocycles. The number of rotatable bonds is 7. The molecule has 0 radical (unpaired) electrons. The first-order chi connectivity index (χ1) is 6.55. The smallest absolute Gasteiger partial charge is 0.377 e. The minimum Gasteiger partial charge on any atom is -0.377 e. The summed E-state index contributed by atoms with van der Waals surface area (Å²) in [5.74, 6) is 0. The topological polar surface area (TPSA) is 27.7 Å². The van der Waals surface area contributed by atoms with Crippen LogP contribution in [0, 0.1) is 0 Å². The molecule has 0 unspecified atom stereocenters. The van der Waals surface area contributed by atoms with Crippen molar-refractivity contribution < 1.29 is 13.3 Å². The van der Waals surface area contributed by atoms with Gasteiger partial charge in [-0.3, -0.25) is 0 Å². The van der Waals surface area contributed by atoms with Crippen molar-refractivity contribution in [2.75, 3.05) is 20.8 Å². The summed E-state index contributed by atoms with van der Waals surface area (Å²) in [6.07, 6.45) is 2.02. The Morgan fingerprint density at radius 1 is 1.00 bits per heavy atom. The van der Waals surface area contributed by atoms with Gasteiger partial charge in [-0.25, -0.2) is 0 Å². The Balaban J connectivity index is 4.92. The summed E-state index contributed by atoms with van der Waals surface area (Å²) in [5, 5.41) is 0.0203. The predicted molar refractivity (Wildman–Crippen MR) is 60.3 cm³/mol. The van der Waals surface area contributed by atoms with Crippen LogP contribution in [-0.4, -0.2) is 29.6 Å². The van der Waals surface area contributed by atoms with Crippen molar-refractivity contribution >= 4 is 8.80 Å². The van der Waals surface area contributed by atoms with Gasteiger partial charge >= 0.3 is 8.80 Å². The number of hydrogen-bond donors (Lipinski definition) is 0. The van der Waals surface area contributed by atoms with E-state index >= 15 is 0 Å². The zero-order valence-electron chi connectivity index (χ0n) is 10.3. The van der Waals surface area contributed by atoms with Crippen molar-refractivity contribution in [3.05, 3.63) is 0 Å². The molecule has 0 spiro atoms. The van der Waals surface area contributed by atoms with Crippen molar-refractivity contribution in [2.24, 2.45) is 0 Å². The Labute approximate surface area is 89.1 Å². The standard InChI is InChI=1S/C10H24O3Si/c1-7-10(4,8-2)14(11-5,12-6)13-9-3/h7-9H2,1-6H3. The van der Waals surface area contributed by atoms with E-state index < -0.39 is 8.80 Å². The highest BCUT2D eigenvalue weighted by molar-refractivity contribution is 6.64. The van der Waals surface area contributed by atoms with E-state index in [2.05, 4.69) is 20.8 Å². The van der Waals surface area contributed by atoms with Crippen molar-refractivity contribution in [1.29, 1.82) is 0 Å². The van der Waals surface area contributed by atoms with Crippen LogP contribution in [0.1, 0.15) is 40.5 Å². The summed E-state index contributed by atoms with van der Waals surface area (Å²) in [4.78, 5) is 0. The average molecular weight is 220 g/mol. The van der Waals surface area contributed by atoms with Crippen molar-refractivity contribution in [2.45, 2.75) is 45.6 Å². The summed E-state index contributed by atoms with van der Waals surface area (Å²) in [5.41, 5.74) is 0. The molecule has 0 bridgehead atoms. The van der Waals surface area contributed by atoms with Gasteiger partial charge in [-0.2, -0.15) is 0 Å². The lowest BCUT2D eigenvalue weighted by Gasteiger charge is -2.40. The fourth-order valence-electron chi connectivity index (χ4n) is 1.74. The van der Waals surface area contributed by atoms with E-state index in [0.717, 1.165) is 12.8 Å². The van der Waals surface area contributed by atoms with Gasteiger partial charge in [0.2, 0.25) is 0 Å². The maximum absolute atomic E-state index is 5.77. The molecule has 0 aromatic heterocycles. The fourth-order valence-corrected chi connectivity index (χ4v) is 4.72. The van der Waals surface area contributed by atoms with E-state index in [-0.39, 0.29) is 5.04 Å². The lowest BCUT2D eigenvalue weighted by molar-refractivity contribution is 0.0723. The molecule has 0 aliphatic heterocycles. The third-order valence-corrected chi connectivity index (χ3v) is 7.10. The van der Waals surface area contributed by atoms with Gasteiger partial charge in [-0.15, -0.1) is 0 Å². The molecule has 86 valence electrons. The zero-order chi connectivity index (χ0) is 11.2. The second-order valence-corrected chi connectivity index (χ2v) is 7.09. The van der Waals surface area contributed by atoms with Gasteiger partial charge in [-0.05, 0) is 19.8 Å². The van der Waals surface area contributed by atoms with Crippen LogP contribution in [0.3, 0.4) is 0 Å². The molecule has 0 atom stereocenters. The summed E-state index contributed by atoms with van der Waals surface area (Å²) in [6.45, 7) is 9.11. The van der Waals surface area contributed by atoms with E-state index in [1.54, 1.807) is 14.2 Å².